The van der Waals surface area contributed by atoms with Crippen LogP contribution in [0.3, 0.4) is 0 Å². The van der Waals surface area contributed by atoms with Crippen LogP contribution in [0.5, 0.6) is 0 Å². The Balaban J connectivity index is 2.18. The van der Waals surface area contributed by atoms with Crippen molar-refractivity contribution in [2.24, 2.45) is 16.7 Å². The minimum Gasteiger partial charge on any atom is -0.595 e. The van der Waals surface area contributed by atoms with Gasteiger partial charge in [0.25, 0.3) is 5.91 Å². The molecule has 1 heterocycles. The quantitative estimate of drug-likeness (QED) is 0.140. The molecule has 0 fully saturated rings. The molecule has 0 bridgehead atoms. The van der Waals surface area contributed by atoms with Crippen molar-refractivity contribution < 1.29 is 20.0 Å². The Morgan fingerprint density at radius 2 is 2.11 bits per heavy atom. The summed E-state index contributed by atoms with van der Waals surface area (Å²) in [5.74, 6) is 4.17. The number of amides is 1. The number of rotatable bonds is 7. The van der Waals surface area contributed by atoms with E-state index in [1.807, 2.05) is 0 Å². The van der Waals surface area contributed by atoms with Gasteiger partial charge in [0.05, 0.1) is 22.7 Å². The van der Waals surface area contributed by atoms with E-state index in [-0.39, 0.29) is 28.5 Å². The van der Waals surface area contributed by atoms with Crippen LogP contribution >= 0.6 is 23.6 Å². The molecule has 1 unspecified atom stereocenters. The molecule has 0 saturated carbocycles. The number of hydrazone groups is 1. The van der Waals surface area contributed by atoms with Gasteiger partial charge in [-0.1, -0.05) is 18.3 Å². The standard InChI is InChI=1S/C16H18N6O4S2/c1-7-3-4-9(22(25)26)5-10(7)20-15(24)11(21-18)6-12(23)13-8(2)19-16(28-13)14(17)27/h3-5,22,25H,6,18H2,1-2H3,(H2,17,27)(H,20,24)/b21-11+. The number of carbonyl (C=O) groups is 2. The highest BCUT2D eigenvalue weighted by atomic mass is 32.1. The van der Waals surface area contributed by atoms with Gasteiger partial charge in [-0.2, -0.15) is 10.3 Å². The zero-order valence-corrected chi connectivity index (χ0v) is 16.6. The number of thiocarbonyl (C=S) groups is 1. The molecule has 1 amide bonds. The summed E-state index contributed by atoms with van der Waals surface area (Å²) >= 11 is 5.88. The molecule has 0 saturated heterocycles. The highest BCUT2D eigenvalue weighted by Gasteiger charge is 2.22. The Hall–Kier alpha value is -2.77. The van der Waals surface area contributed by atoms with E-state index in [0.29, 0.717) is 21.1 Å². The van der Waals surface area contributed by atoms with Crippen molar-refractivity contribution in [2.45, 2.75) is 20.3 Å². The number of aryl methyl sites for hydroxylation is 2. The molecule has 0 spiro atoms. The van der Waals surface area contributed by atoms with E-state index in [0.717, 1.165) is 11.3 Å². The molecule has 0 radical (unpaired) electrons. The zero-order valence-electron chi connectivity index (χ0n) is 15.0. The highest BCUT2D eigenvalue weighted by molar-refractivity contribution is 7.81. The van der Waals surface area contributed by atoms with Crippen molar-refractivity contribution in [3.05, 3.63) is 44.5 Å². The molecule has 10 nitrogen and oxygen atoms in total. The molecular weight excluding hydrogens is 404 g/mol. The highest BCUT2D eigenvalue weighted by Crippen LogP contribution is 2.21. The third kappa shape index (κ3) is 4.94. The van der Waals surface area contributed by atoms with Gasteiger partial charge in [0.1, 0.15) is 10.7 Å². The number of aromatic nitrogens is 1. The summed E-state index contributed by atoms with van der Waals surface area (Å²) in [6, 6.07) is 4.29. The van der Waals surface area contributed by atoms with Crippen LogP contribution in [0.15, 0.2) is 23.3 Å². The van der Waals surface area contributed by atoms with Crippen molar-refractivity contribution in [3.63, 3.8) is 0 Å². The van der Waals surface area contributed by atoms with E-state index in [1.54, 1.807) is 19.9 Å². The Labute approximate surface area is 169 Å². The number of thiazole rings is 1. The first-order valence-electron chi connectivity index (χ1n) is 7.86. The predicted octanol–water partition coefficient (Wildman–Crippen LogP) is 0.324. The summed E-state index contributed by atoms with van der Waals surface area (Å²) in [5, 5.41) is 25.3. The van der Waals surface area contributed by atoms with Gasteiger partial charge in [-0.25, -0.2) is 10.2 Å². The average molecular weight is 422 g/mol. The lowest BCUT2D eigenvalue weighted by atomic mass is 10.1. The molecule has 148 valence electrons. The molecule has 2 rings (SSSR count). The van der Waals surface area contributed by atoms with Gasteiger partial charge in [-0.15, -0.1) is 11.3 Å². The van der Waals surface area contributed by atoms with E-state index in [4.69, 9.17) is 29.0 Å². The predicted molar refractivity (Wildman–Crippen MR) is 109 cm³/mol. The second-order valence-electron chi connectivity index (χ2n) is 5.76. The monoisotopic (exact) mass is 422 g/mol. The number of hydrogen-bond donors (Lipinski definition) is 5. The van der Waals surface area contributed by atoms with Crippen LogP contribution in [-0.2, 0) is 4.79 Å². The third-order valence-corrected chi connectivity index (χ3v) is 5.29. The topological polar surface area (TPSA) is 171 Å². The Bertz CT molecular complexity index is 970. The minimum atomic E-state index is -1.13. The van der Waals surface area contributed by atoms with Crippen molar-refractivity contribution in [1.29, 1.82) is 0 Å². The van der Waals surface area contributed by atoms with E-state index in [1.165, 1.54) is 12.1 Å². The van der Waals surface area contributed by atoms with Crippen molar-refractivity contribution in [2.75, 3.05) is 5.32 Å². The molecule has 28 heavy (non-hydrogen) atoms. The molecule has 0 aliphatic carbocycles. The summed E-state index contributed by atoms with van der Waals surface area (Å²) in [6.07, 6.45) is -0.361. The number of hydrogen-bond acceptors (Lipinski definition) is 9. The maximum atomic E-state index is 12.5. The number of Topliss-reactive ketones (excluding diaryl/α,β-unsaturated/α-hetero) is 1. The number of nitrogens with one attached hydrogen (secondary N) is 2. The lowest BCUT2D eigenvalue weighted by Crippen LogP contribution is -2.99. The molecule has 7 N–H and O–H groups in total. The van der Waals surface area contributed by atoms with E-state index < -0.39 is 16.9 Å². The number of benzene rings is 1. The van der Waals surface area contributed by atoms with Crippen LogP contribution in [0, 0.1) is 19.1 Å². The van der Waals surface area contributed by atoms with Crippen molar-refractivity contribution >= 4 is 57.3 Å². The number of quaternary nitrogens is 1. The number of anilines is 1. The van der Waals surface area contributed by atoms with Gasteiger partial charge in [0.2, 0.25) is 0 Å². The normalized spacial score (nSPS) is 12.5. The number of carbonyl (C=O) groups excluding carboxylic acids is 2. The van der Waals surface area contributed by atoms with Crippen LogP contribution in [-0.4, -0.2) is 32.6 Å². The first kappa shape index (κ1) is 21.5. The van der Waals surface area contributed by atoms with Crippen molar-refractivity contribution in [1.82, 2.24) is 4.98 Å². The average Bonchev–Trinajstić information content (AvgIpc) is 3.03. The number of nitrogens with two attached hydrogens (primary N) is 2. The van der Waals surface area contributed by atoms with E-state index >= 15 is 0 Å². The van der Waals surface area contributed by atoms with Crippen LogP contribution in [0.4, 0.5) is 11.4 Å². The van der Waals surface area contributed by atoms with Gasteiger partial charge < -0.3 is 22.1 Å². The lowest BCUT2D eigenvalue weighted by Gasteiger charge is -2.14. The maximum Gasteiger partial charge on any atom is 0.272 e. The fourth-order valence-electron chi connectivity index (χ4n) is 2.26. The fraction of sp³-hybridized carbons (Fsp3) is 0.188. The number of ketones is 1. The molecule has 1 aromatic carbocycles. The molecule has 2 aromatic rings. The SMILES string of the molecule is Cc1ccc([NH+]([O-])O)cc1NC(=O)/C(CC(=O)c1sc(C(N)=S)nc1C)=N/N. The summed E-state index contributed by atoms with van der Waals surface area (Å²) < 4.78 is 0. The second kappa shape index (κ2) is 8.95. The Kier molecular flexibility index (Phi) is 6.88. The maximum absolute atomic E-state index is 12.5. The minimum absolute atomic E-state index is 0.00813. The molecule has 12 heteroatoms. The summed E-state index contributed by atoms with van der Waals surface area (Å²) in [6.45, 7) is 3.33. The van der Waals surface area contributed by atoms with Gasteiger partial charge in [-0.3, -0.25) is 9.59 Å². The van der Waals surface area contributed by atoms with E-state index in [9.17, 15) is 14.8 Å². The summed E-state index contributed by atoms with van der Waals surface area (Å²) in [7, 11) is 0. The Morgan fingerprint density at radius 3 is 2.64 bits per heavy atom. The summed E-state index contributed by atoms with van der Waals surface area (Å²) in [4.78, 5) is 29.5. The number of nitrogens with zero attached hydrogens (tertiary/aromatic N) is 2. The largest absolute Gasteiger partial charge is 0.595 e. The second-order valence-corrected chi connectivity index (χ2v) is 7.20. The molecule has 1 atom stereocenters. The fourth-order valence-corrected chi connectivity index (χ4v) is 3.29. The van der Waals surface area contributed by atoms with Crippen LogP contribution in [0.1, 0.15) is 32.4 Å². The lowest BCUT2D eigenvalue weighted by molar-refractivity contribution is -0.991. The first-order valence-corrected chi connectivity index (χ1v) is 9.09. The van der Waals surface area contributed by atoms with Gasteiger partial charge >= 0.3 is 0 Å². The third-order valence-electron chi connectivity index (χ3n) is 3.74. The molecule has 0 aliphatic heterocycles. The van der Waals surface area contributed by atoms with Crippen LogP contribution in [0.25, 0.3) is 0 Å². The zero-order chi connectivity index (χ0) is 21.0. The Morgan fingerprint density at radius 1 is 1.43 bits per heavy atom. The van der Waals surface area contributed by atoms with Gasteiger partial charge in [0.15, 0.2) is 16.5 Å². The first-order chi connectivity index (χ1) is 13.1. The van der Waals surface area contributed by atoms with Crippen LogP contribution < -0.4 is 22.1 Å². The smallest absolute Gasteiger partial charge is 0.272 e. The van der Waals surface area contributed by atoms with E-state index in [2.05, 4.69) is 15.4 Å². The van der Waals surface area contributed by atoms with Gasteiger partial charge in [0, 0.05) is 12.1 Å². The molecule has 0 aliphatic rings. The molecule has 1 aromatic heterocycles. The molecular formula is C16H18N6O4S2. The van der Waals surface area contributed by atoms with Crippen LogP contribution in [0.2, 0.25) is 0 Å². The summed E-state index contributed by atoms with van der Waals surface area (Å²) in [5.41, 5.74) is 6.68. The van der Waals surface area contributed by atoms with Crippen molar-refractivity contribution in [3.8, 4) is 0 Å². The van der Waals surface area contributed by atoms with Gasteiger partial charge in [-0.05, 0) is 19.4 Å².